The zero-order chi connectivity index (χ0) is 14.3. The Morgan fingerprint density at radius 3 is 2.60 bits per heavy atom. The second kappa shape index (κ2) is 4.54. The lowest BCUT2D eigenvalue weighted by molar-refractivity contribution is 0.404. The van der Waals surface area contributed by atoms with Crippen molar-refractivity contribution in [2.24, 2.45) is 0 Å². The van der Waals surface area contributed by atoms with Gasteiger partial charge in [-0.15, -0.1) is 0 Å². The number of benzene rings is 2. The van der Waals surface area contributed by atoms with Crippen LogP contribution in [0.1, 0.15) is 0 Å². The molecule has 0 aliphatic rings. The van der Waals surface area contributed by atoms with E-state index in [0.717, 1.165) is 0 Å². The largest absolute Gasteiger partial charge is 0.504 e. The molecule has 100 valence electrons. The first-order chi connectivity index (χ1) is 9.54. The summed E-state index contributed by atoms with van der Waals surface area (Å²) in [5.74, 6) is -0.204. The first kappa shape index (κ1) is 12.5. The average Bonchev–Trinajstić information content (AvgIpc) is 2.42. The van der Waals surface area contributed by atoms with Gasteiger partial charge in [0.2, 0.25) is 0 Å². The van der Waals surface area contributed by atoms with Crippen LogP contribution < -0.4 is 5.56 Å². The fourth-order valence-corrected chi connectivity index (χ4v) is 2.09. The van der Waals surface area contributed by atoms with Crippen LogP contribution >= 0.6 is 11.6 Å². The third kappa shape index (κ3) is 2.08. The molecular weight excluding hydrogens is 280 g/mol. The SMILES string of the molecule is O=c1[nH]c(-c2ccc(O)c(O)c2)nc2ccc(Cl)cc12. The van der Waals surface area contributed by atoms with Crippen molar-refractivity contribution in [3.63, 3.8) is 0 Å². The highest BCUT2D eigenvalue weighted by molar-refractivity contribution is 6.31. The molecule has 20 heavy (non-hydrogen) atoms. The quantitative estimate of drug-likeness (QED) is 0.601. The number of hydrogen-bond donors (Lipinski definition) is 3. The van der Waals surface area contributed by atoms with Gasteiger partial charge >= 0.3 is 0 Å². The number of H-pyrrole nitrogens is 1. The molecular formula is C14H9ClN2O3. The van der Waals surface area contributed by atoms with E-state index in [2.05, 4.69) is 9.97 Å². The van der Waals surface area contributed by atoms with Gasteiger partial charge in [0.05, 0.1) is 10.9 Å². The number of phenols is 2. The van der Waals surface area contributed by atoms with Gasteiger partial charge < -0.3 is 15.2 Å². The summed E-state index contributed by atoms with van der Waals surface area (Å²) in [5.41, 5.74) is 0.676. The molecule has 0 atom stereocenters. The van der Waals surface area contributed by atoms with Crippen molar-refractivity contribution in [2.75, 3.05) is 0 Å². The molecule has 5 nitrogen and oxygen atoms in total. The molecule has 0 spiro atoms. The molecule has 0 fully saturated rings. The second-order valence-electron chi connectivity index (χ2n) is 4.28. The minimum atomic E-state index is -0.319. The van der Waals surface area contributed by atoms with Crippen LogP contribution in [0, 0.1) is 0 Å². The third-order valence-corrected chi connectivity index (χ3v) is 3.15. The zero-order valence-electron chi connectivity index (χ0n) is 10.1. The standard InChI is InChI=1S/C14H9ClN2O3/c15-8-2-3-10-9(6-8)14(20)17-13(16-10)7-1-4-11(18)12(19)5-7/h1-6,18-19H,(H,16,17,20). The number of aromatic amines is 1. The highest BCUT2D eigenvalue weighted by Crippen LogP contribution is 2.29. The van der Waals surface area contributed by atoms with Crippen molar-refractivity contribution in [1.82, 2.24) is 9.97 Å². The Morgan fingerprint density at radius 1 is 1.05 bits per heavy atom. The number of aromatic hydroxyl groups is 2. The Hall–Kier alpha value is -2.53. The van der Waals surface area contributed by atoms with Gasteiger partial charge in [-0.05, 0) is 36.4 Å². The topological polar surface area (TPSA) is 86.2 Å². The van der Waals surface area contributed by atoms with Crippen molar-refractivity contribution in [3.8, 4) is 22.9 Å². The summed E-state index contributed by atoms with van der Waals surface area (Å²) in [6.45, 7) is 0. The number of nitrogens with one attached hydrogen (secondary N) is 1. The molecule has 0 bridgehead atoms. The first-order valence-electron chi connectivity index (χ1n) is 5.76. The fourth-order valence-electron chi connectivity index (χ4n) is 1.92. The van der Waals surface area contributed by atoms with E-state index >= 15 is 0 Å². The lowest BCUT2D eigenvalue weighted by Crippen LogP contribution is -2.09. The van der Waals surface area contributed by atoms with E-state index < -0.39 is 0 Å². The van der Waals surface area contributed by atoms with Crippen LogP contribution in [0.5, 0.6) is 11.5 Å². The van der Waals surface area contributed by atoms with Gasteiger partial charge in [0.15, 0.2) is 11.5 Å². The molecule has 6 heteroatoms. The van der Waals surface area contributed by atoms with Crippen molar-refractivity contribution in [3.05, 3.63) is 51.8 Å². The van der Waals surface area contributed by atoms with E-state index in [1.54, 1.807) is 24.3 Å². The van der Waals surface area contributed by atoms with Gasteiger partial charge in [-0.1, -0.05) is 11.6 Å². The molecule has 0 amide bonds. The van der Waals surface area contributed by atoms with Crippen LogP contribution in [0.2, 0.25) is 5.02 Å². The molecule has 3 rings (SSSR count). The Morgan fingerprint density at radius 2 is 1.85 bits per heavy atom. The highest BCUT2D eigenvalue weighted by atomic mass is 35.5. The minimum absolute atomic E-state index is 0.233. The van der Waals surface area contributed by atoms with Crippen molar-refractivity contribution in [2.45, 2.75) is 0 Å². The highest BCUT2D eigenvalue weighted by Gasteiger charge is 2.08. The Bertz CT molecular complexity index is 874. The molecule has 0 aliphatic heterocycles. The number of nitrogens with zero attached hydrogens (tertiary/aromatic N) is 1. The van der Waals surface area contributed by atoms with Gasteiger partial charge in [-0.3, -0.25) is 4.79 Å². The number of hydrogen-bond acceptors (Lipinski definition) is 4. The molecule has 0 saturated carbocycles. The maximum Gasteiger partial charge on any atom is 0.259 e. The lowest BCUT2D eigenvalue weighted by atomic mass is 10.1. The summed E-state index contributed by atoms with van der Waals surface area (Å²) >= 11 is 5.84. The van der Waals surface area contributed by atoms with Crippen LogP contribution in [0.15, 0.2) is 41.2 Å². The van der Waals surface area contributed by atoms with Crippen LogP contribution in [-0.2, 0) is 0 Å². The minimum Gasteiger partial charge on any atom is -0.504 e. The molecule has 3 aromatic rings. The number of phenolic OH excluding ortho intramolecular Hbond substituents is 2. The average molecular weight is 289 g/mol. The summed E-state index contributed by atoms with van der Waals surface area (Å²) in [4.78, 5) is 18.9. The Labute approximate surface area is 118 Å². The third-order valence-electron chi connectivity index (χ3n) is 2.92. The maximum absolute atomic E-state index is 12.0. The van der Waals surface area contributed by atoms with Gasteiger partial charge in [-0.2, -0.15) is 0 Å². The van der Waals surface area contributed by atoms with Crippen molar-refractivity contribution < 1.29 is 10.2 Å². The maximum atomic E-state index is 12.0. The normalized spacial score (nSPS) is 10.8. The van der Waals surface area contributed by atoms with E-state index in [9.17, 15) is 15.0 Å². The van der Waals surface area contributed by atoms with Crippen molar-refractivity contribution >= 4 is 22.5 Å². The number of fused-ring (bicyclic) bond motifs is 1. The molecule has 0 saturated heterocycles. The Kier molecular flexibility index (Phi) is 2.84. The van der Waals surface area contributed by atoms with E-state index in [-0.39, 0.29) is 17.1 Å². The molecule has 1 aromatic heterocycles. The molecule has 0 aliphatic carbocycles. The van der Waals surface area contributed by atoms with E-state index in [1.165, 1.54) is 12.1 Å². The number of aromatic nitrogens is 2. The predicted octanol–water partition coefficient (Wildman–Crippen LogP) is 2.65. The fraction of sp³-hybridized carbons (Fsp3) is 0. The molecule has 0 unspecified atom stereocenters. The summed E-state index contributed by atoms with van der Waals surface area (Å²) in [6, 6.07) is 9.05. The second-order valence-corrected chi connectivity index (χ2v) is 4.72. The monoisotopic (exact) mass is 288 g/mol. The van der Waals surface area contributed by atoms with Crippen molar-refractivity contribution in [1.29, 1.82) is 0 Å². The summed E-state index contributed by atoms with van der Waals surface area (Å²) in [5, 5.41) is 19.6. The van der Waals surface area contributed by atoms with E-state index in [0.29, 0.717) is 27.3 Å². The predicted molar refractivity (Wildman–Crippen MR) is 76.1 cm³/mol. The molecule has 2 aromatic carbocycles. The van der Waals surface area contributed by atoms with Crippen LogP contribution in [0.4, 0.5) is 0 Å². The summed E-state index contributed by atoms with van der Waals surface area (Å²) < 4.78 is 0. The molecule has 3 N–H and O–H groups in total. The van der Waals surface area contributed by atoms with Crippen LogP contribution in [-0.4, -0.2) is 20.2 Å². The zero-order valence-corrected chi connectivity index (χ0v) is 10.8. The van der Waals surface area contributed by atoms with Crippen LogP contribution in [0.25, 0.3) is 22.3 Å². The molecule has 0 radical (unpaired) electrons. The van der Waals surface area contributed by atoms with Gasteiger partial charge in [0, 0.05) is 10.6 Å². The lowest BCUT2D eigenvalue weighted by Gasteiger charge is -2.05. The number of halogens is 1. The van der Waals surface area contributed by atoms with Gasteiger partial charge in [-0.25, -0.2) is 4.98 Å². The summed E-state index contributed by atoms with van der Waals surface area (Å²) in [6.07, 6.45) is 0. The smallest absolute Gasteiger partial charge is 0.259 e. The molecule has 1 heterocycles. The number of rotatable bonds is 1. The van der Waals surface area contributed by atoms with Gasteiger partial charge in [0.1, 0.15) is 5.82 Å². The Balaban J connectivity index is 2.24. The van der Waals surface area contributed by atoms with E-state index in [1.807, 2.05) is 0 Å². The summed E-state index contributed by atoms with van der Waals surface area (Å²) in [7, 11) is 0. The van der Waals surface area contributed by atoms with Gasteiger partial charge in [0.25, 0.3) is 5.56 Å². The first-order valence-corrected chi connectivity index (χ1v) is 6.14. The van der Waals surface area contributed by atoms with E-state index in [4.69, 9.17) is 11.6 Å². The van der Waals surface area contributed by atoms with Crippen LogP contribution in [0.3, 0.4) is 0 Å².